The van der Waals surface area contributed by atoms with Gasteiger partial charge < -0.3 is 35.0 Å². The SMILES string of the molecule is CCOC(OCC)[C@H](C)N(Cc1cccc2ccccc12)C(=O)[C@H](CCCCN(C(=O)O)C(C)(C)C)NC(=O)CONC(=O)NCc1cccc2ccccc12. The molecule has 0 spiro atoms. The molecule has 0 heterocycles. The molecule has 0 radical (unpaired) electrons. The molecule has 0 fully saturated rings. The van der Waals surface area contributed by atoms with Gasteiger partial charge in [0.05, 0.1) is 6.04 Å². The predicted octanol–water partition coefficient (Wildman–Crippen LogP) is 6.97. The van der Waals surface area contributed by atoms with Crippen molar-refractivity contribution in [3.05, 3.63) is 96.1 Å². The van der Waals surface area contributed by atoms with Crippen LogP contribution in [0.3, 0.4) is 0 Å². The van der Waals surface area contributed by atoms with E-state index in [0.717, 1.165) is 32.7 Å². The van der Waals surface area contributed by atoms with E-state index in [-0.39, 0.29) is 32.0 Å². The number of amides is 5. The number of unbranched alkanes of at least 4 members (excludes halogenated alkanes) is 1. The number of hydroxylamine groups is 1. The molecule has 4 rings (SSSR count). The fraction of sp³-hybridized carbons (Fsp3) is 0.442. The van der Waals surface area contributed by atoms with Gasteiger partial charge in [-0.1, -0.05) is 84.9 Å². The molecule has 0 aromatic heterocycles. The molecule has 13 heteroatoms. The lowest BCUT2D eigenvalue weighted by Crippen LogP contribution is -2.55. The second kappa shape index (κ2) is 21.2. The molecule has 2 atom stereocenters. The van der Waals surface area contributed by atoms with Crippen molar-refractivity contribution in [3.8, 4) is 0 Å². The van der Waals surface area contributed by atoms with E-state index >= 15 is 0 Å². The Labute approximate surface area is 329 Å². The summed E-state index contributed by atoms with van der Waals surface area (Å²) in [5, 5.41) is 19.4. The van der Waals surface area contributed by atoms with Crippen molar-refractivity contribution in [2.75, 3.05) is 26.4 Å². The van der Waals surface area contributed by atoms with Crippen molar-refractivity contribution in [2.45, 2.75) is 97.8 Å². The van der Waals surface area contributed by atoms with Gasteiger partial charge in [-0.3, -0.25) is 14.4 Å². The van der Waals surface area contributed by atoms with Gasteiger partial charge in [0.2, 0.25) is 11.8 Å². The van der Waals surface area contributed by atoms with Gasteiger partial charge in [-0.05, 0) is 93.5 Å². The number of carboxylic acid groups (broad SMARTS) is 1. The van der Waals surface area contributed by atoms with Crippen LogP contribution in [0.15, 0.2) is 84.9 Å². The Morgan fingerprint density at radius 3 is 1.95 bits per heavy atom. The molecule has 0 saturated carbocycles. The minimum Gasteiger partial charge on any atom is -0.465 e. The quantitative estimate of drug-likeness (QED) is 0.0426. The molecule has 5 amide bonds. The van der Waals surface area contributed by atoms with Gasteiger partial charge in [-0.2, -0.15) is 0 Å². The Bertz CT molecular complexity index is 1900. The lowest BCUT2D eigenvalue weighted by molar-refractivity contribution is -0.180. The van der Waals surface area contributed by atoms with Gasteiger partial charge in [0, 0.05) is 38.4 Å². The first-order valence-corrected chi connectivity index (χ1v) is 19.3. The van der Waals surface area contributed by atoms with Crippen LogP contribution in [0.2, 0.25) is 0 Å². The molecule has 13 nitrogen and oxygen atoms in total. The maximum atomic E-state index is 14.7. The number of fused-ring (bicyclic) bond motifs is 2. The second-order valence-corrected chi connectivity index (χ2v) is 14.6. The second-order valence-electron chi connectivity index (χ2n) is 14.6. The number of hydrogen-bond donors (Lipinski definition) is 4. The molecule has 302 valence electrons. The Morgan fingerprint density at radius 2 is 1.36 bits per heavy atom. The number of urea groups is 1. The summed E-state index contributed by atoms with van der Waals surface area (Å²) in [4.78, 5) is 61.0. The third kappa shape index (κ3) is 12.4. The monoisotopic (exact) mass is 771 g/mol. The minimum atomic E-state index is -1.03. The minimum absolute atomic E-state index is 0.204. The van der Waals surface area contributed by atoms with E-state index in [1.807, 2.05) is 126 Å². The van der Waals surface area contributed by atoms with Crippen LogP contribution in [-0.2, 0) is 37.0 Å². The maximum absolute atomic E-state index is 14.7. The fourth-order valence-corrected chi connectivity index (χ4v) is 6.69. The van der Waals surface area contributed by atoms with Crippen LogP contribution in [0.4, 0.5) is 9.59 Å². The zero-order valence-corrected chi connectivity index (χ0v) is 33.4. The van der Waals surface area contributed by atoms with Crippen LogP contribution in [0.25, 0.3) is 21.5 Å². The summed E-state index contributed by atoms with van der Waals surface area (Å²) in [5.74, 6) is -0.988. The Balaban J connectivity index is 1.50. The summed E-state index contributed by atoms with van der Waals surface area (Å²) in [6.07, 6.45) is -0.664. The third-order valence-corrected chi connectivity index (χ3v) is 9.54. The smallest absolute Gasteiger partial charge is 0.407 e. The van der Waals surface area contributed by atoms with Crippen LogP contribution in [0.5, 0.6) is 0 Å². The highest BCUT2D eigenvalue weighted by Crippen LogP contribution is 2.24. The van der Waals surface area contributed by atoms with E-state index in [1.165, 1.54) is 4.90 Å². The van der Waals surface area contributed by atoms with Gasteiger partial charge in [0.15, 0.2) is 12.9 Å². The molecule has 4 N–H and O–H groups in total. The van der Waals surface area contributed by atoms with E-state index in [1.54, 1.807) is 4.90 Å². The maximum Gasteiger partial charge on any atom is 0.407 e. The third-order valence-electron chi connectivity index (χ3n) is 9.54. The zero-order chi connectivity index (χ0) is 40.7. The van der Waals surface area contributed by atoms with Crippen molar-refractivity contribution in [1.29, 1.82) is 0 Å². The first-order chi connectivity index (χ1) is 26.8. The summed E-state index contributed by atoms with van der Waals surface area (Å²) < 4.78 is 11.9. The average Bonchev–Trinajstić information content (AvgIpc) is 3.17. The molecule has 0 bridgehead atoms. The van der Waals surface area contributed by atoms with E-state index in [9.17, 15) is 24.3 Å². The predicted molar refractivity (Wildman–Crippen MR) is 217 cm³/mol. The van der Waals surface area contributed by atoms with E-state index in [4.69, 9.17) is 14.3 Å². The van der Waals surface area contributed by atoms with Crippen LogP contribution >= 0.6 is 0 Å². The van der Waals surface area contributed by atoms with Gasteiger partial charge >= 0.3 is 12.1 Å². The van der Waals surface area contributed by atoms with Crippen molar-refractivity contribution < 1.29 is 38.6 Å². The van der Waals surface area contributed by atoms with Crippen LogP contribution in [0, 0.1) is 0 Å². The lowest BCUT2D eigenvalue weighted by Gasteiger charge is -2.37. The van der Waals surface area contributed by atoms with Crippen molar-refractivity contribution in [1.82, 2.24) is 25.9 Å². The molecule has 0 aliphatic carbocycles. The van der Waals surface area contributed by atoms with Crippen molar-refractivity contribution >= 4 is 45.5 Å². The topological polar surface area (TPSA) is 159 Å². The summed E-state index contributed by atoms with van der Waals surface area (Å²) in [5.41, 5.74) is 3.47. The number of nitrogens with zero attached hydrogens (tertiary/aromatic N) is 2. The average molecular weight is 772 g/mol. The molecular formula is C43H57N5O8. The van der Waals surface area contributed by atoms with Gasteiger partial charge in [0.25, 0.3) is 0 Å². The van der Waals surface area contributed by atoms with E-state index in [2.05, 4.69) is 16.1 Å². The highest BCUT2D eigenvalue weighted by atomic mass is 16.7. The molecule has 56 heavy (non-hydrogen) atoms. The number of benzene rings is 4. The summed E-state index contributed by atoms with van der Waals surface area (Å²) >= 11 is 0. The normalized spacial score (nSPS) is 12.6. The molecule has 0 aliphatic heterocycles. The molecule has 0 saturated heterocycles. The number of carbonyl (C=O) groups excluding carboxylic acids is 3. The lowest BCUT2D eigenvalue weighted by atomic mass is 10.0. The highest BCUT2D eigenvalue weighted by molar-refractivity contribution is 5.90. The van der Waals surface area contributed by atoms with Crippen LogP contribution in [0.1, 0.15) is 71.9 Å². The number of hydrogen-bond acceptors (Lipinski definition) is 7. The Hall–Kier alpha value is -5.24. The number of rotatable bonds is 20. The summed E-state index contributed by atoms with van der Waals surface area (Å²) in [6, 6.07) is 25.3. The Kier molecular flexibility index (Phi) is 16.4. The molecule has 0 aliphatic rings. The fourth-order valence-electron chi connectivity index (χ4n) is 6.69. The number of nitrogens with one attached hydrogen (secondary N) is 3. The molecule has 0 unspecified atom stereocenters. The standard InChI is InChI=1S/C43H57N5O8/c1-7-54-40(55-8-2)30(3)47(28-34-22-16-20-32-18-10-12-24-36(32)34)39(50)37(25-13-14-26-48(42(52)53)43(4,5)6)45-38(49)29-56-46-41(51)44-27-33-21-15-19-31-17-9-11-23-35(31)33/h9-12,15-24,30,37,40H,7-8,13-14,25-29H2,1-6H3,(H,45,49)(H,52,53)(H2,44,46,51)/t30-,37-/m0/s1. The molecule has 4 aromatic carbocycles. The van der Waals surface area contributed by atoms with Gasteiger partial charge in [-0.25, -0.2) is 15.1 Å². The number of carbonyl (C=O) groups is 4. The van der Waals surface area contributed by atoms with Gasteiger partial charge in [-0.15, -0.1) is 0 Å². The zero-order valence-electron chi connectivity index (χ0n) is 33.4. The van der Waals surface area contributed by atoms with Crippen LogP contribution < -0.4 is 16.1 Å². The van der Waals surface area contributed by atoms with Gasteiger partial charge in [0.1, 0.15) is 6.04 Å². The van der Waals surface area contributed by atoms with Crippen molar-refractivity contribution in [3.63, 3.8) is 0 Å². The first kappa shape index (κ1) is 43.5. The summed E-state index contributed by atoms with van der Waals surface area (Å²) in [6.45, 7) is 11.9. The van der Waals surface area contributed by atoms with E-state index < -0.39 is 48.6 Å². The van der Waals surface area contributed by atoms with Crippen molar-refractivity contribution in [2.24, 2.45) is 0 Å². The Morgan fingerprint density at radius 1 is 0.786 bits per heavy atom. The highest BCUT2D eigenvalue weighted by Gasteiger charge is 2.34. The number of ether oxygens (including phenoxy) is 2. The summed E-state index contributed by atoms with van der Waals surface area (Å²) in [7, 11) is 0. The molecular weight excluding hydrogens is 714 g/mol. The first-order valence-electron chi connectivity index (χ1n) is 19.3. The largest absolute Gasteiger partial charge is 0.465 e. The van der Waals surface area contributed by atoms with E-state index in [0.29, 0.717) is 26.1 Å². The van der Waals surface area contributed by atoms with Crippen LogP contribution in [-0.4, -0.2) is 89.1 Å². The molecule has 4 aromatic rings.